The summed E-state index contributed by atoms with van der Waals surface area (Å²) in [5, 5.41) is 13.0. The molecule has 0 unspecified atom stereocenters. The molecule has 0 bridgehead atoms. The molecule has 1 aromatic heterocycles. The maximum absolute atomic E-state index is 12.9. The van der Waals surface area contributed by atoms with Gasteiger partial charge in [0, 0.05) is 6.54 Å². The van der Waals surface area contributed by atoms with E-state index < -0.39 is 12.1 Å². The maximum atomic E-state index is 12.9. The van der Waals surface area contributed by atoms with Crippen LogP contribution in [-0.4, -0.2) is 52.8 Å². The van der Waals surface area contributed by atoms with Crippen LogP contribution in [-0.2, 0) is 16.1 Å². The van der Waals surface area contributed by atoms with Gasteiger partial charge in [-0.2, -0.15) is 0 Å². The number of aryl methyl sites for hydroxylation is 2. The molecule has 1 N–H and O–H groups in total. The maximum Gasteiger partial charge on any atom is 0.334 e. The second-order valence-corrected chi connectivity index (χ2v) is 6.04. The molecule has 2 aromatic rings. The molecule has 0 saturated carbocycles. The van der Waals surface area contributed by atoms with Crippen molar-refractivity contribution in [3.05, 3.63) is 46.8 Å². The van der Waals surface area contributed by atoms with E-state index >= 15 is 0 Å². The van der Waals surface area contributed by atoms with Crippen molar-refractivity contribution in [2.45, 2.75) is 26.6 Å². The first kappa shape index (κ1) is 17.9. The van der Waals surface area contributed by atoms with Gasteiger partial charge in [-0.1, -0.05) is 17.3 Å². The number of carbonyl (C=O) groups is 2. The topological polar surface area (TPSA) is 102 Å². The first-order valence-corrected chi connectivity index (χ1v) is 8.24. The highest BCUT2D eigenvalue weighted by atomic mass is 16.5. The lowest BCUT2D eigenvalue weighted by molar-refractivity contribution is -0.154. The monoisotopic (exact) mass is 360 g/mol. The number of carboxylic acid groups (broad SMARTS) is 1. The number of ether oxygens (including phenoxy) is 2. The molecule has 8 nitrogen and oxygen atoms in total. The van der Waals surface area contributed by atoms with Gasteiger partial charge in [0.05, 0.1) is 30.0 Å². The van der Waals surface area contributed by atoms with Gasteiger partial charge in [-0.05, 0) is 26.0 Å². The van der Waals surface area contributed by atoms with Gasteiger partial charge in [0.15, 0.2) is 6.10 Å². The first-order valence-electron chi connectivity index (χ1n) is 8.24. The van der Waals surface area contributed by atoms with E-state index in [2.05, 4.69) is 5.16 Å². The Labute approximate surface area is 150 Å². The minimum absolute atomic E-state index is 0.00632. The van der Waals surface area contributed by atoms with Crippen LogP contribution in [0, 0.1) is 13.8 Å². The quantitative estimate of drug-likeness (QED) is 0.867. The predicted molar refractivity (Wildman–Crippen MR) is 90.0 cm³/mol. The van der Waals surface area contributed by atoms with E-state index in [-0.39, 0.29) is 25.7 Å². The highest BCUT2D eigenvalue weighted by Gasteiger charge is 2.30. The number of carboxylic acids is 1. The van der Waals surface area contributed by atoms with E-state index in [4.69, 9.17) is 19.1 Å². The zero-order chi connectivity index (χ0) is 18.7. The molecular weight excluding hydrogens is 340 g/mol. The number of amides is 1. The molecule has 1 aliphatic heterocycles. The van der Waals surface area contributed by atoms with Gasteiger partial charge in [-0.3, -0.25) is 4.79 Å². The Bertz CT molecular complexity index is 796. The van der Waals surface area contributed by atoms with E-state index in [9.17, 15) is 9.59 Å². The van der Waals surface area contributed by atoms with Crippen LogP contribution in [0.15, 0.2) is 28.8 Å². The molecule has 0 radical (unpaired) electrons. The van der Waals surface area contributed by atoms with Crippen LogP contribution in [0.4, 0.5) is 0 Å². The van der Waals surface area contributed by atoms with Crippen molar-refractivity contribution >= 4 is 11.9 Å². The Morgan fingerprint density at radius 2 is 2.12 bits per heavy atom. The fraction of sp³-hybridized carbons (Fsp3) is 0.389. The largest absolute Gasteiger partial charge is 0.488 e. The molecular formula is C18H20N2O6. The van der Waals surface area contributed by atoms with E-state index in [0.717, 1.165) is 11.3 Å². The third kappa shape index (κ3) is 3.70. The fourth-order valence-electron chi connectivity index (χ4n) is 2.78. The number of rotatable bonds is 5. The van der Waals surface area contributed by atoms with E-state index in [1.165, 1.54) is 4.90 Å². The number of aliphatic carboxylic acids is 1. The van der Waals surface area contributed by atoms with Gasteiger partial charge in [-0.15, -0.1) is 0 Å². The van der Waals surface area contributed by atoms with E-state index in [1.54, 1.807) is 31.2 Å². The number of nitrogens with zero attached hydrogens (tertiary/aromatic N) is 2. The highest BCUT2D eigenvalue weighted by molar-refractivity contribution is 5.97. The van der Waals surface area contributed by atoms with Crippen LogP contribution < -0.4 is 4.74 Å². The second kappa shape index (κ2) is 7.57. The molecule has 1 fully saturated rings. The molecule has 2 heterocycles. The molecule has 26 heavy (non-hydrogen) atoms. The SMILES string of the molecule is Cc1noc(C)c1COc1ccccc1C(=O)N1CCO[C@H](C(=O)O)C1. The molecule has 138 valence electrons. The number of morpholine rings is 1. The van der Waals surface area contributed by atoms with Gasteiger partial charge in [-0.25, -0.2) is 4.79 Å². The lowest BCUT2D eigenvalue weighted by atomic mass is 10.1. The standard InChI is InChI=1S/C18H20N2O6/c1-11-14(12(2)26-19-11)10-25-15-6-4-3-5-13(15)17(21)20-7-8-24-16(9-20)18(22)23/h3-6,16H,7-10H2,1-2H3,(H,22,23)/t16-/m0/s1. The summed E-state index contributed by atoms with van der Waals surface area (Å²) in [5.74, 6) is -0.265. The van der Waals surface area contributed by atoms with Crippen molar-refractivity contribution in [1.82, 2.24) is 10.1 Å². The van der Waals surface area contributed by atoms with Gasteiger partial charge < -0.3 is 24.0 Å². The molecule has 1 aliphatic rings. The minimum atomic E-state index is -1.08. The van der Waals surface area contributed by atoms with Crippen LogP contribution in [0.2, 0.25) is 0 Å². The minimum Gasteiger partial charge on any atom is -0.488 e. The Balaban J connectivity index is 1.76. The van der Waals surface area contributed by atoms with Crippen LogP contribution in [0.25, 0.3) is 0 Å². The highest BCUT2D eigenvalue weighted by Crippen LogP contribution is 2.23. The van der Waals surface area contributed by atoms with Crippen LogP contribution in [0.1, 0.15) is 27.4 Å². The van der Waals surface area contributed by atoms with Crippen molar-refractivity contribution in [3.8, 4) is 5.75 Å². The summed E-state index contributed by atoms with van der Waals surface area (Å²) in [7, 11) is 0. The Hall–Kier alpha value is -2.87. The summed E-state index contributed by atoms with van der Waals surface area (Å²) in [6, 6.07) is 6.89. The summed E-state index contributed by atoms with van der Waals surface area (Å²) in [4.78, 5) is 25.4. The number of carbonyl (C=O) groups excluding carboxylic acids is 1. The predicted octanol–water partition coefficient (Wildman–Crippen LogP) is 1.80. The average molecular weight is 360 g/mol. The fourth-order valence-corrected chi connectivity index (χ4v) is 2.78. The zero-order valence-electron chi connectivity index (χ0n) is 14.6. The molecule has 0 spiro atoms. The van der Waals surface area contributed by atoms with Crippen molar-refractivity contribution in [2.75, 3.05) is 19.7 Å². The molecule has 0 aliphatic carbocycles. The van der Waals surface area contributed by atoms with Crippen LogP contribution in [0.5, 0.6) is 5.75 Å². The summed E-state index contributed by atoms with van der Waals surface area (Å²) < 4.78 is 16.1. The van der Waals surface area contributed by atoms with Gasteiger partial charge >= 0.3 is 5.97 Å². The molecule has 1 saturated heterocycles. The third-order valence-electron chi connectivity index (χ3n) is 4.30. The number of para-hydroxylation sites is 1. The first-order chi connectivity index (χ1) is 12.5. The number of aromatic nitrogens is 1. The van der Waals surface area contributed by atoms with E-state index in [1.807, 2.05) is 6.92 Å². The summed E-state index contributed by atoms with van der Waals surface area (Å²) in [6.07, 6.45) is -1.01. The molecule has 1 aromatic carbocycles. The Morgan fingerprint density at radius 1 is 1.35 bits per heavy atom. The Morgan fingerprint density at radius 3 is 2.81 bits per heavy atom. The number of hydrogen-bond acceptors (Lipinski definition) is 6. The molecule has 1 amide bonds. The van der Waals surface area contributed by atoms with Crippen molar-refractivity contribution < 1.29 is 28.7 Å². The smallest absolute Gasteiger partial charge is 0.334 e. The normalized spacial score (nSPS) is 17.2. The lowest BCUT2D eigenvalue weighted by Crippen LogP contribution is -2.48. The van der Waals surface area contributed by atoms with Crippen LogP contribution >= 0.6 is 0 Å². The van der Waals surface area contributed by atoms with Crippen LogP contribution in [0.3, 0.4) is 0 Å². The van der Waals surface area contributed by atoms with Crippen molar-refractivity contribution in [3.63, 3.8) is 0 Å². The molecule has 8 heteroatoms. The van der Waals surface area contributed by atoms with Gasteiger partial charge in [0.1, 0.15) is 18.1 Å². The number of benzene rings is 1. The zero-order valence-corrected chi connectivity index (χ0v) is 14.6. The van der Waals surface area contributed by atoms with Gasteiger partial charge in [0.25, 0.3) is 5.91 Å². The Kier molecular flexibility index (Phi) is 5.22. The number of hydrogen-bond donors (Lipinski definition) is 1. The second-order valence-electron chi connectivity index (χ2n) is 6.04. The summed E-state index contributed by atoms with van der Waals surface area (Å²) in [5.41, 5.74) is 1.96. The molecule has 1 atom stereocenters. The molecule has 3 rings (SSSR count). The van der Waals surface area contributed by atoms with Gasteiger partial charge in [0.2, 0.25) is 0 Å². The van der Waals surface area contributed by atoms with Crippen molar-refractivity contribution in [1.29, 1.82) is 0 Å². The summed E-state index contributed by atoms with van der Waals surface area (Å²) in [6.45, 7) is 4.38. The third-order valence-corrected chi connectivity index (χ3v) is 4.30. The lowest BCUT2D eigenvalue weighted by Gasteiger charge is -2.31. The van der Waals surface area contributed by atoms with E-state index in [0.29, 0.717) is 23.6 Å². The summed E-state index contributed by atoms with van der Waals surface area (Å²) >= 11 is 0. The van der Waals surface area contributed by atoms with Crippen molar-refractivity contribution in [2.24, 2.45) is 0 Å². The average Bonchev–Trinajstić information content (AvgIpc) is 2.97.